The monoisotopic (exact) mass is 336 g/mol. The van der Waals surface area contributed by atoms with Crippen molar-refractivity contribution >= 4 is 28.5 Å². The number of benzene rings is 2. The minimum atomic E-state index is -1.06. The number of nitrogens with zero attached hydrogens (tertiary/aromatic N) is 3. The first-order valence-electron chi connectivity index (χ1n) is 7.28. The van der Waals surface area contributed by atoms with E-state index in [-0.39, 0.29) is 22.9 Å². The van der Waals surface area contributed by atoms with Gasteiger partial charge >= 0.3 is 5.97 Å². The molecule has 0 radical (unpaired) electrons. The number of hydrogen-bond acceptors (Lipinski definition) is 6. The molecule has 0 aliphatic carbocycles. The Morgan fingerprint density at radius 1 is 1.08 bits per heavy atom. The van der Waals surface area contributed by atoms with Crippen LogP contribution in [0.4, 0.5) is 5.82 Å². The normalized spacial score (nSPS) is 11.2. The van der Waals surface area contributed by atoms with Crippen LogP contribution in [0.1, 0.15) is 10.4 Å². The fourth-order valence-corrected chi connectivity index (χ4v) is 2.78. The number of carboxylic acid groups (broad SMARTS) is 1. The molecule has 0 saturated carbocycles. The van der Waals surface area contributed by atoms with Crippen LogP contribution in [0.2, 0.25) is 0 Å². The number of nitrogen functional groups attached to an aromatic ring is 1. The number of phenolic OH excluding ortho intramolecular Hbond substituents is 2. The molecule has 0 atom stereocenters. The zero-order chi connectivity index (χ0) is 17.7. The minimum Gasteiger partial charge on any atom is -0.504 e. The fourth-order valence-electron chi connectivity index (χ4n) is 2.78. The minimum absolute atomic E-state index is 0.0997. The number of phenols is 2. The van der Waals surface area contributed by atoms with E-state index in [1.54, 1.807) is 22.7 Å². The molecule has 8 heteroatoms. The maximum absolute atomic E-state index is 11.2. The SMILES string of the molecule is Nc1nc2cc(C(=O)O)ccc2n2c(-c3ccc(O)c(O)c3)cnc12. The van der Waals surface area contributed by atoms with E-state index in [9.17, 15) is 15.0 Å². The standard InChI is InChI=1S/C17H12N4O4/c18-15-16-19-7-12(8-2-4-13(22)14(23)6-8)21(16)11-3-1-9(17(24)25)5-10(11)20-15/h1-7,22-23H,(H2,18,20)(H,24,25). The molecule has 0 unspecified atom stereocenters. The topological polar surface area (TPSA) is 134 Å². The maximum Gasteiger partial charge on any atom is 0.335 e. The first-order chi connectivity index (χ1) is 12.0. The lowest BCUT2D eigenvalue weighted by Gasteiger charge is -2.09. The highest BCUT2D eigenvalue weighted by Gasteiger charge is 2.15. The summed E-state index contributed by atoms with van der Waals surface area (Å²) in [5.41, 5.74) is 8.73. The zero-order valence-electron chi connectivity index (χ0n) is 12.7. The number of imidazole rings is 1. The molecule has 5 N–H and O–H groups in total. The number of aromatic hydroxyl groups is 2. The van der Waals surface area contributed by atoms with Crippen LogP contribution < -0.4 is 5.73 Å². The van der Waals surface area contributed by atoms with Gasteiger partial charge in [-0.3, -0.25) is 4.40 Å². The van der Waals surface area contributed by atoms with Crippen molar-refractivity contribution in [3.05, 3.63) is 48.2 Å². The largest absolute Gasteiger partial charge is 0.504 e. The molecule has 2 aromatic carbocycles. The summed E-state index contributed by atoms with van der Waals surface area (Å²) in [6.07, 6.45) is 1.57. The van der Waals surface area contributed by atoms with Crippen LogP contribution in [0.3, 0.4) is 0 Å². The Labute approximate surface area is 140 Å². The van der Waals surface area contributed by atoms with Gasteiger partial charge in [0.05, 0.1) is 28.5 Å². The van der Waals surface area contributed by atoms with Crippen molar-refractivity contribution in [1.82, 2.24) is 14.4 Å². The molecule has 0 spiro atoms. The molecular formula is C17H12N4O4. The molecule has 0 bridgehead atoms. The van der Waals surface area contributed by atoms with E-state index >= 15 is 0 Å². The summed E-state index contributed by atoms with van der Waals surface area (Å²) in [5.74, 6) is -1.39. The van der Waals surface area contributed by atoms with Crippen LogP contribution >= 0.6 is 0 Å². The van der Waals surface area contributed by atoms with E-state index in [1.165, 1.54) is 24.3 Å². The van der Waals surface area contributed by atoms with Gasteiger partial charge in [-0.15, -0.1) is 0 Å². The van der Waals surface area contributed by atoms with Gasteiger partial charge in [0, 0.05) is 5.56 Å². The molecule has 4 aromatic rings. The van der Waals surface area contributed by atoms with Gasteiger partial charge in [0.2, 0.25) is 0 Å². The number of nitrogens with two attached hydrogens (primary N) is 1. The second kappa shape index (κ2) is 5.10. The van der Waals surface area contributed by atoms with E-state index < -0.39 is 5.97 Å². The van der Waals surface area contributed by atoms with Crippen molar-refractivity contribution in [3.8, 4) is 22.8 Å². The fraction of sp³-hybridized carbons (Fsp3) is 0. The van der Waals surface area contributed by atoms with Crippen LogP contribution in [0.5, 0.6) is 11.5 Å². The predicted molar refractivity (Wildman–Crippen MR) is 90.6 cm³/mol. The summed E-state index contributed by atoms with van der Waals surface area (Å²) in [6.45, 7) is 0. The van der Waals surface area contributed by atoms with Crippen LogP contribution in [0.15, 0.2) is 42.6 Å². The first-order valence-corrected chi connectivity index (χ1v) is 7.28. The van der Waals surface area contributed by atoms with Crippen LogP contribution in [0, 0.1) is 0 Å². The summed E-state index contributed by atoms with van der Waals surface area (Å²) in [6, 6.07) is 8.95. The third kappa shape index (κ3) is 2.19. The first kappa shape index (κ1) is 14.8. The molecule has 2 heterocycles. The quantitative estimate of drug-likeness (QED) is 0.412. The number of rotatable bonds is 2. The number of aromatic carboxylic acids is 1. The van der Waals surface area contributed by atoms with E-state index in [2.05, 4.69) is 9.97 Å². The molecule has 124 valence electrons. The Kier molecular flexibility index (Phi) is 3.01. The zero-order valence-corrected chi connectivity index (χ0v) is 12.7. The summed E-state index contributed by atoms with van der Waals surface area (Å²) < 4.78 is 1.73. The number of carboxylic acids is 1. The molecule has 25 heavy (non-hydrogen) atoms. The molecule has 0 amide bonds. The van der Waals surface area contributed by atoms with Crippen molar-refractivity contribution in [2.24, 2.45) is 0 Å². The van der Waals surface area contributed by atoms with Crippen molar-refractivity contribution in [1.29, 1.82) is 0 Å². The van der Waals surface area contributed by atoms with Gasteiger partial charge in [-0.1, -0.05) is 0 Å². The molecule has 4 rings (SSSR count). The Morgan fingerprint density at radius 2 is 1.88 bits per heavy atom. The van der Waals surface area contributed by atoms with Crippen molar-refractivity contribution < 1.29 is 20.1 Å². The van der Waals surface area contributed by atoms with E-state index in [0.717, 1.165) is 0 Å². The van der Waals surface area contributed by atoms with Crippen LogP contribution in [-0.2, 0) is 0 Å². The Bertz CT molecular complexity index is 1170. The lowest BCUT2D eigenvalue weighted by atomic mass is 10.1. The number of hydrogen-bond donors (Lipinski definition) is 4. The Balaban J connectivity index is 2.07. The van der Waals surface area contributed by atoms with Gasteiger partial charge in [0.1, 0.15) is 0 Å². The van der Waals surface area contributed by atoms with Crippen molar-refractivity contribution in [2.75, 3.05) is 5.73 Å². The van der Waals surface area contributed by atoms with Crippen molar-refractivity contribution in [2.45, 2.75) is 0 Å². The average Bonchev–Trinajstić information content (AvgIpc) is 3.03. The molecule has 2 aromatic heterocycles. The van der Waals surface area contributed by atoms with E-state index in [4.69, 9.17) is 10.8 Å². The van der Waals surface area contributed by atoms with E-state index in [1.807, 2.05) is 0 Å². The molecule has 0 aliphatic rings. The third-order valence-electron chi connectivity index (χ3n) is 3.97. The van der Waals surface area contributed by atoms with Gasteiger partial charge in [0.25, 0.3) is 0 Å². The summed E-state index contributed by atoms with van der Waals surface area (Å²) in [7, 11) is 0. The van der Waals surface area contributed by atoms with Crippen LogP contribution in [0.25, 0.3) is 27.9 Å². The molecule has 0 saturated heterocycles. The highest BCUT2D eigenvalue weighted by molar-refractivity contribution is 5.94. The molecular weight excluding hydrogens is 324 g/mol. The Morgan fingerprint density at radius 3 is 2.60 bits per heavy atom. The number of aromatic nitrogens is 3. The van der Waals surface area contributed by atoms with Gasteiger partial charge in [-0.25, -0.2) is 14.8 Å². The molecule has 0 aliphatic heterocycles. The second-order valence-electron chi connectivity index (χ2n) is 5.51. The van der Waals surface area contributed by atoms with Crippen molar-refractivity contribution in [3.63, 3.8) is 0 Å². The summed E-state index contributed by atoms with van der Waals surface area (Å²) in [5, 5.41) is 28.4. The second-order valence-corrected chi connectivity index (χ2v) is 5.51. The maximum atomic E-state index is 11.2. The van der Waals surface area contributed by atoms with E-state index in [0.29, 0.717) is 27.9 Å². The highest BCUT2D eigenvalue weighted by Crippen LogP contribution is 2.33. The smallest absolute Gasteiger partial charge is 0.335 e. The number of carbonyl (C=O) groups is 1. The lowest BCUT2D eigenvalue weighted by Crippen LogP contribution is -2.02. The van der Waals surface area contributed by atoms with Gasteiger partial charge in [-0.2, -0.15) is 0 Å². The third-order valence-corrected chi connectivity index (χ3v) is 3.97. The number of fused-ring (bicyclic) bond motifs is 3. The van der Waals surface area contributed by atoms with Gasteiger partial charge < -0.3 is 21.1 Å². The lowest BCUT2D eigenvalue weighted by molar-refractivity contribution is 0.0697. The van der Waals surface area contributed by atoms with Gasteiger partial charge in [0.15, 0.2) is 23.0 Å². The molecule has 0 fully saturated rings. The Hall–Kier alpha value is -3.81. The molecule has 8 nitrogen and oxygen atoms in total. The summed E-state index contributed by atoms with van der Waals surface area (Å²) >= 11 is 0. The average molecular weight is 336 g/mol. The summed E-state index contributed by atoms with van der Waals surface area (Å²) in [4.78, 5) is 19.7. The predicted octanol–water partition coefficient (Wildman–Crippen LogP) is 2.24. The van der Waals surface area contributed by atoms with Crippen LogP contribution in [-0.4, -0.2) is 35.7 Å². The number of anilines is 1. The highest BCUT2D eigenvalue weighted by atomic mass is 16.4. The van der Waals surface area contributed by atoms with Gasteiger partial charge in [-0.05, 0) is 36.4 Å².